The highest BCUT2D eigenvalue weighted by Gasteiger charge is 2.09. The Morgan fingerprint density at radius 2 is 2.05 bits per heavy atom. The molecule has 1 amide bonds. The van der Waals surface area contributed by atoms with E-state index in [1.54, 1.807) is 0 Å². The summed E-state index contributed by atoms with van der Waals surface area (Å²) in [5, 5.41) is 4.09. The van der Waals surface area contributed by atoms with E-state index in [0.717, 1.165) is 29.4 Å². The minimum Gasteiger partial charge on any atom is -0.361 e. The SMILES string of the molecule is CSCCCCCCNC(=O)c1cccc2cc[nH]c12. The first kappa shape index (κ1) is 15.0. The van der Waals surface area contributed by atoms with Crippen LogP contribution in [0.15, 0.2) is 30.5 Å². The number of fused-ring (bicyclic) bond motifs is 1. The molecule has 108 valence electrons. The van der Waals surface area contributed by atoms with Gasteiger partial charge in [0.25, 0.3) is 5.91 Å². The standard InChI is InChI=1S/C16H22N2OS/c1-20-12-5-3-2-4-10-18-16(19)14-8-6-7-13-9-11-17-15(13)14/h6-9,11,17H,2-5,10,12H2,1H3,(H,18,19). The number of para-hydroxylation sites is 1. The van der Waals surface area contributed by atoms with Crippen LogP contribution in [0.1, 0.15) is 36.0 Å². The zero-order valence-corrected chi connectivity index (χ0v) is 12.8. The van der Waals surface area contributed by atoms with E-state index in [9.17, 15) is 4.79 Å². The Balaban J connectivity index is 1.76. The summed E-state index contributed by atoms with van der Waals surface area (Å²) in [6.07, 6.45) is 8.78. The molecule has 0 radical (unpaired) electrons. The molecule has 2 N–H and O–H groups in total. The number of H-pyrrole nitrogens is 1. The van der Waals surface area contributed by atoms with Crippen molar-refractivity contribution >= 4 is 28.6 Å². The maximum Gasteiger partial charge on any atom is 0.253 e. The first-order valence-electron chi connectivity index (χ1n) is 7.16. The summed E-state index contributed by atoms with van der Waals surface area (Å²) in [4.78, 5) is 15.3. The molecule has 2 rings (SSSR count). The summed E-state index contributed by atoms with van der Waals surface area (Å²) in [7, 11) is 0. The molecule has 1 aromatic heterocycles. The highest BCUT2D eigenvalue weighted by Crippen LogP contribution is 2.16. The summed E-state index contributed by atoms with van der Waals surface area (Å²) in [5.41, 5.74) is 1.65. The molecule has 0 saturated heterocycles. The highest BCUT2D eigenvalue weighted by atomic mass is 32.2. The molecule has 0 aliphatic rings. The van der Waals surface area contributed by atoms with Gasteiger partial charge in [-0.25, -0.2) is 0 Å². The molecule has 0 fully saturated rings. The Bertz CT molecular complexity index is 550. The third-order valence-corrected chi connectivity index (χ3v) is 4.09. The van der Waals surface area contributed by atoms with E-state index < -0.39 is 0 Å². The third-order valence-electron chi connectivity index (χ3n) is 3.39. The molecule has 0 unspecified atom stereocenters. The van der Waals surface area contributed by atoms with Gasteiger partial charge in [0.2, 0.25) is 0 Å². The first-order chi connectivity index (χ1) is 9.83. The fourth-order valence-corrected chi connectivity index (χ4v) is 2.79. The second-order valence-corrected chi connectivity index (χ2v) is 5.90. The van der Waals surface area contributed by atoms with Crippen LogP contribution in [-0.2, 0) is 0 Å². The monoisotopic (exact) mass is 290 g/mol. The molecule has 4 heteroatoms. The molecule has 0 bridgehead atoms. The van der Waals surface area contributed by atoms with E-state index in [4.69, 9.17) is 0 Å². The number of amides is 1. The van der Waals surface area contributed by atoms with Gasteiger partial charge in [-0.3, -0.25) is 4.79 Å². The molecule has 20 heavy (non-hydrogen) atoms. The van der Waals surface area contributed by atoms with E-state index >= 15 is 0 Å². The minimum absolute atomic E-state index is 0.0159. The molecular formula is C16H22N2OS. The van der Waals surface area contributed by atoms with Gasteiger partial charge in [0.1, 0.15) is 0 Å². The Morgan fingerprint density at radius 1 is 1.20 bits per heavy atom. The van der Waals surface area contributed by atoms with Crippen LogP contribution in [0.4, 0.5) is 0 Å². The Hall–Kier alpha value is -1.42. The smallest absolute Gasteiger partial charge is 0.253 e. The van der Waals surface area contributed by atoms with Crippen LogP contribution < -0.4 is 5.32 Å². The van der Waals surface area contributed by atoms with Gasteiger partial charge in [0, 0.05) is 18.1 Å². The van der Waals surface area contributed by atoms with Gasteiger partial charge in [-0.05, 0) is 37.0 Å². The fourth-order valence-electron chi connectivity index (χ4n) is 2.30. The number of aromatic amines is 1. The molecule has 0 aliphatic carbocycles. The quantitative estimate of drug-likeness (QED) is 0.726. The average Bonchev–Trinajstić information content (AvgIpc) is 2.94. The molecule has 1 aromatic carbocycles. The van der Waals surface area contributed by atoms with Crippen molar-refractivity contribution in [1.82, 2.24) is 10.3 Å². The summed E-state index contributed by atoms with van der Waals surface area (Å²) in [5.74, 6) is 1.25. The second kappa shape index (κ2) is 8.00. The van der Waals surface area contributed by atoms with Crippen LogP contribution in [-0.4, -0.2) is 29.4 Å². The molecule has 3 nitrogen and oxygen atoms in total. The Kier molecular flexibility index (Phi) is 5.99. The van der Waals surface area contributed by atoms with Gasteiger partial charge in [-0.2, -0.15) is 11.8 Å². The minimum atomic E-state index is 0.0159. The number of unbranched alkanes of at least 4 members (excludes halogenated alkanes) is 3. The lowest BCUT2D eigenvalue weighted by Gasteiger charge is -2.06. The molecule has 0 aliphatic heterocycles. The van der Waals surface area contributed by atoms with Crippen LogP contribution in [0.3, 0.4) is 0 Å². The van der Waals surface area contributed by atoms with Crippen molar-refractivity contribution in [2.75, 3.05) is 18.6 Å². The van der Waals surface area contributed by atoms with E-state index in [1.165, 1.54) is 25.0 Å². The molecule has 0 atom stereocenters. The van der Waals surface area contributed by atoms with Crippen LogP contribution in [0.25, 0.3) is 10.9 Å². The summed E-state index contributed by atoms with van der Waals surface area (Å²) < 4.78 is 0. The molecule has 1 heterocycles. The second-order valence-electron chi connectivity index (χ2n) is 4.91. The van der Waals surface area contributed by atoms with Crippen LogP contribution >= 0.6 is 11.8 Å². The predicted octanol–water partition coefficient (Wildman–Crippen LogP) is 3.82. The van der Waals surface area contributed by atoms with Crippen molar-refractivity contribution in [2.45, 2.75) is 25.7 Å². The fraction of sp³-hybridized carbons (Fsp3) is 0.438. The molecule has 0 saturated carbocycles. The summed E-state index contributed by atoms with van der Waals surface area (Å²) in [6.45, 7) is 0.759. The van der Waals surface area contributed by atoms with Crippen LogP contribution in [0.5, 0.6) is 0 Å². The van der Waals surface area contributed by atoms with Crippen LogP contribution in [0.2, 0.25) is 0 Å². The van der Waals surface area contributed by atoms with Gasteiger partial charge in [-0.1, -0.05) is 25.0 Å². The average molecular weight is 290 g/mol. The highest BCUT2D eigenvalue weighted by molar-refractivity contribution is 7.98. The van der Waals surface area contributed by atoms with Gasteiger partial charge in [-0.15, -0.1) is 0 Å². The number of carbonyl (C=O) groups is 1. The topological polar surface area (TPSA) is 44.9 Å². The predicted molar refractivity (Wildman–Crippen MR) is 87.5 cm³/mol. The first-order valence-corrected chi connectivity index (χ1v) is 8.55. The van der Waals surface area contributed by atoms with E-state index in [1.807, 2.05) is 42.2 Å². The number of nitrogens with one attached hydrogen (secondary N) is 2. The maximum atomic E-state index is 12.2. The number of thioether (sulfide) groups is 1. The Morgan fingerprint density at radius 3 is 2.90 bits per heavy atom. The lowest BCUT2D eigenvalue weighted by Crippen LogP contribution is -2.24. The van der Waals surface area contributed by atoms with E-state index in [0.29, 0.717) is 0 Å². The van der Waals surface area contributed by atoms with Gasteiger partial charge < -0.3 is 10.3 Å². The number of benzene rings is 1. The van der Waals surface area contributed by atoms with E-state index in [2.05, 4.69) is 16.6 Å². The van der Waals surface area contributed by atoms with Crippen molar-refractivity contribution in [1.29, 1.82) is 0 Å². The largest absolute Gasteiger partial charge is 0.361 e. The lowest BCUT2D eigenvalue weighted by atomic mass is 10.1. The molecule has 2 aromatic rings. The van der Waals surface area contributed by atoms with Crippen LogP contribution in [0, 0.1) is 0 Å². The van der Waals surface area contributed by atoms with Crippen molar-refractivity contribution in [3.63, 3.8) is 0 Å². The van der Waals surface area contributed by atoms with Gasteiger partial charge in [0.15, 0.2) is 0 Å². The summed E-state index contributed by atoms with van der Waals surface area (Å²) in [6, 6.07) is 7.78. The van der Waals surface area contributed by atoms with E-state index in [-0.39, 0.29) is 5.91 Å². The van der Waals surface area contributed by atoms with Crippen molar-refractivity contribution in [2.24, 2.45) is 0 Å². The molecule has 0 spiro atoms. The zero-order chi connectivity index (χ0) is 14.2. The third kappa shape index (κ3) is 4.04. The zero-order valence-electron chi connectivity index (χ0n) is 11.9. The van der Waals surface area contributed by atoms with Gasteiger partial charge >= 0.3 is 0 Å². The maximum absolute atomic E-state index is 12.2. The van der Waals surface area contributed by atoms with Crippen molar-refractivity contribution in [3.8, 4) is 0 Å². The van der Waals surface area contributed by atoms with Crippen molar-refractivity contribution in [3.05, 3.63) is 36.0 Å². The molecular weight excluding hydrogens is 268 g/mol. The number of carbonyl (C=O) groups excluding carboxylic acids is 1. The lowest BCUT2D eigenvalue weighted by molar-refractivity contribution is 0.0954. The number of rotatable bonds is 8. The number of hydrogen-bond acceptors (Lipinski definition) is 2. The Labute approximate surface area is 124 Å². The number of hydrogen-bond donors (Lipinski definition) is 2. The number of aromatic nitrogens is 1. The van der Waals surface area contributed by atoms with Gasteiger partial charge in [0.05, 0.1) is 11.1 Å². The summed E-state index contributed by atoms with van der Waals surface area (Å²) >= 11 is 1.90. The normalized spacial score (nSPS) is 10.8. The van der Waals surface area contributed by atoms with Crippen molar-refractivity contribution < 1.29 is 4.79 Å².